The van der Waals surface area contributed by atoms with Crippen LogP contribution in [0.3, 0.4) is 0 Å². The fraction of sp³-hybridized carbons (Fsp3) is 0. The molecule has 0 aromatic carbocycles. The zero-order chi connectivity index (χ0) is 2.12. The average Bonchev–Trinajstić information content (AvgIpc) is 1.46. The molecule has 3 nitrogen and oxygen atoms in total. The summed E-state index contributed by atoms with van der Waals surface area (Å²) in [5, 5.41) is 0. The molecule has 1 heterocycles. The van der Waals surface area contributed by atoms with Crippen LogP contribution < -0.4 is 29.6 Å². The third-order valence-electron chi connectivity index (χ3n) is 0.0680. The Morgan fingerprint density at radius 3 is 1.25 bits per heavy atom. The second-order valence-corrected chi connectivity index (χ2v) is 0.204. The van der Waals surface area contributed by atoms with Crippen LogP contribution in [0, 0.1) is 0 Å². The molecule has 0 unspecified atom stereocenters. The van der Waals surface area contributed by atoms with Gasteiger partial charge in [-0.2, -0.15) is 0 Å². The molecular formula is HNaO3. The molecule has 0 spiro atoms. The molecule has 0 aliphatic heterocycles. The van der Waals surface area contributed by atoms with Crippen LogP contribution in [-0.4, -0.2) is 0 Å². The van der Waals surface area contributed by atoms with Crippen molar-refractivity contribution in [2.45, 2.75) is 0 Å². The van der Waals surface area contributed by atoms with Crippen molar-refractivity contribution in [1.29, 1.82) is 0 Å². The van der Waals surface area contributed by atoms with E-state index in [0.717, 1.165) is 0 Å². The van der Waals surface area contributed by atoms with Crippen LogP contribution >= 0.6 is 0 Å². The molecule has 0 radical (unpaired) electrons. The fourth-order valence-corrected chi connectivity index (χ4v) is 0. The van der Waals surface area contributed by atoms with E-state index in [0.29, 0.717) is 0 Å². The van der Waals surface area contributed by atoms with Gasteiger partial charge >= 0.3 is 29.6 Å². The topological polar surface area (TPSA) is 39.4 Å². The Morgan fingerprint density at radius 1 is 1.00 bits per heavy atom. The Hall–Kier alpha value is 0.400. The average molecular weight is 72.0 g/mol. The summed E-state index contributed by atoms with van der Waals surface area (Å²) in [4.78, 5) is 0. The van der Waals surface area contributed by atoms with Crippen LogP contribution in [0.25, 0.3) is 0 Å². The van der Waals surface area contributed by atoms with E-state index in [2.05, 4.69) is 14.2 Å². The van der Waals surface area contributed by atoms with Crippen LogP contribution in [-0.2, 0) is 0 Å². The van der Waals surface area contributed by atoms with Gasteiger partial charge in [-0.3, -0.25) is 0 Å². The Labute approximate surface area is 45.5 Å². The molecule has 1 aromatic heterocycles. The second-order valence-electron chi connectivity index (χ2n) is 0.204. The minimum absolute atomic E-state index is 0. The summed E-state index contributed by atoms with van der Waals surface area (Å²) >= 11 is 0. The van der Waals surface area contributed by atoms with Crippen molar-refractivity contribution >= 4 is 0 Å². The molecule has 0 bridgehead atoms. The SMILES string of the molecule is [H-].[Na+].o1oo1. The first-order chi connectivity index (χ1) is 1.50. The largest absolute Gasteiger partial charge is 1.00 e. The van der Waals surface area contributed by atoms with E-state index < -0.39 is 0 Å². The van der Waals surface area contributed by atoms with Crippen molar-refractivity contribution in [2.75, 3.05) is 0 Å². The van der Waals surface area contributed by atoms with Gasteiger partial charge in [-0.05, 0) is 0 Å². The third kappa shape index (κ3) is 2.40. The van der Waals surface area contributed by atoms with E-state index in [1.165, 1.54) is 0 Å². The van der Waals surface area contributed by atoms with E-state index in [4.69, 9.17) is 0 Å². The standard InChI is InChI=1S/Na.O3.H/c;1-2-3-1;/q+1;;-1. The van der Waals surface area contributed by atoms with Gasteiger partial charge in [-0.25, -0.2) is 0 Å². The third-order valence-corrected chi connectivity index (χ3v) is 0.0680. The van der Waals surface area contributed by atoms with Crippen LogP contribution in [0.4, 0.5) is 0 Å². The maximum Gasteiger partial charge on any atom is 1.00 e. The first-order valence-electron chi connectivity index (χ1n) is 0.500. The Kier molecular flexibility index (Phi) is 1.86. The second kappa shape index (κ2) is 1.69. The van der Waals surface area contributed by atoms with Gasteiger partial charge in [0.05, 0.1) is 0 Å². The molecule has 4 heteroatoms. The number of hydrogen-bond acceptors (Lipinski definition) is 3. The van der Waals surface area contributed by atoms with Gasteiger partial charge in [0, 0.05) is 14.2 Å². The molecule has 0 amide bonds. The maximum atomic E-state index is 3.50. The van der Waals surface area contributed by atoms with Gasteiger partial charge in [0.25, 0.3) is 0 Å². The van der Waals surface area contributed by atoms with Crippen LogP contribution in [0.1, 0.15) is 1.43 Å². The Bertz CT molecular complexity index is 35.0. The van der Waals surface area contributed by atoms with Gasteiger partial charge in [-0.1, -0.05) is 0 Å². The minimum atomic E-state index is 0. The molecule has 0 saturated carbocycles. The van der Waals surface area contributed by atoms with Gasteiger partial charge in [-0.15, -0.1) is 0 Å². The summed E-state index contributed by atoms with van der Waals surface area (Å²) in [5.74, 6) is 0. The zero-order valence-electron chi connectivity index (χ0n) is 3.22. The first kappa shape index (κ1) is 4.40. The van der Waals surface area contributed by atoms with Gasteiger partial charge < -0.3 is 1.43 Å². The Balaban J connectivity index is 0. The molecular weight excluding hydrogens is 71.0 g/mol. The predicted molar refractivity (Wildman–Crippen MR) is 4.35 cm³/mol. The normalized spacial score (nSPS) is 6.00. The predicted octanol–water partition coefficient (Wildman–Crippen LogP) is -2.42. The van der Waals surface area contributed by atoms with Crippen molar-refractivity contribution in [3.63, 3.8) is 0 Å². The first-order valence-corrected chi connectivity index (χ1v) is 0.500. The Morgan fingerprint density at radius 2 is 1.25 bits per heavy atom. The van der Waals surface area contributed by atoms with Crippen molar-refractivity contribution < 1.29 is 45.2 Å². The summed E-state index contributed by atoms with van der Waals surface area (Å²) in [6, 6.07) is 0. The minimum Gasteiger partial charge on any atom is -1.00 e. The number of hydrogen-bond donors (Lipinski definition) is 0. The molecule has 1 rings (SSSR count). The molecule has 4 heavy (non-hydrogen) atoms. The van der Waals surface area contributed by atoms with E-state index >= 15 is 0 Å². The summed E-state index contributed by atoms with van der Waals surface area (Å²) in [6.45, 7) is 0. The van der Waals surface area contributed by atoms with Crippen LogP contribution in [0.15, 0.2) is 14.2 Å². The molecule has 0 aliphatic rings. The van der Waals surface area contributed by atoms with Crippen molar-refractivity contribution in [1.82, 2.24) is 0 Å². The molecule has 0 fully saturated rings. The van der Waals surface area contributed by atoms with Gasteiger partial charge in [0.15, 0.2) is 0 Å². The molecule has 0 aliphatic carbocycles. The molecule has 1 aromatic rings. The quantitative estimate of drug-likeness (QED) is 0.253. The molecule has 0 atom stereocenters. The van der Waals surface area contributed by atoms with Crippen LogP contribution in [0.2, 0.25) is 0 Å². The van der Waals surface area contributed by atoms with E-state index in [-0.39, 0.29) is 31.0 Å². The molecule has 0 saturated heterocycles. The summed E-state index contributed by atoms with van der Waals surface area (Å²) < 4.78 is 10.5. The van der Waals surface area contributed by atoms with Crippen molar-refractivity contribution in [2.24, 2.45) is 0 Å². The van der Waals surface area contributed by atoms with Crippen molar-refractivity contribution in [3.8, 4) is 0 Å². The summed E-state index contributed by atoms with van der Waals surface area (Å²) in [6.07, 6.45) is 0. The van der Waals surface area contributed by atoms with E-state index in [1.54, 1.807) is 0 Å². The number of rotatable bonds is 0. The van der Waals surface area contributed by atoms with Gasteiger partial charge in [0.1, 0.15) is 0 Å². The monoisotopic (exact) mass is 72.0 g/mol. The summed E-state index contributed by atoms with van der Waals surface area (Å²) in [7, 11) is 0. The summed E-state index contributed by atoms with van der Waals surface area (Å²) in [5.41, 5.74) is 0. The van der Waals surface area contributed by atoms with E-state index in [9.17, 15) is 0 Å². The van der Waals surface area contributed by atoms with Gasteiger partial charge in [0.2, 0.25) is 0 Å². The van der Waals surface area contributed by atoms with Crippen LogP contribution in [0.5, 0.6) is 0 Å². The maximum absolute atomic E-state index is 3.50. The fourth-order valence-electron chi connectivity index (χ4n) is 0. The molecule has 20 valence electrons. The smallest absolute Gasteiger partial charge is 1.00 e. The van der Waals surface area contributed by atoms with E-state index in [1.807, 2.05) is 0 Å². The molecule has 0 N–H and O–H groups in total. The van der Waals surface area contributed by atoms with Crippen molar-refractivity contribution in [3.05, 3.63) is 0 Å². The zero-order valence-corrected chi connectivity index (χ0v) is 4.22.